The van der Waals surface area contributed by atoms with Crippen molar-refractivity contribution in [3.63, 3.8) is 0 Å². The normalized spacial score (nSPS) is 11.2. The maximum Gasteiger partial charge on any atom is 0.265 e. The van der Waals surface area contributed by atoms with Crippen LogP contribution >= 0.6 is 0 Å². The van der Waals surface area contributed by atoms with Crippen LogP contribution in [0.15, 0.2) is 41.6 Å². The summed E-state index contributed by atoms with van der Waals surface area (Å²) in [4.78, 5) is 3.91. The molecule has 0 saturated heterocycles. The Labute approximate surface area is 123 Å². The van der Waals surface area contributed by atoms with Crippen molar-refractivity contribution < 1.29 is 18.3 Å². The molecule has 0 fully saturated rings. The lowest BCUT2D eigenvalue weighted by Gasteiger charge is -2.13. The zero-order chi connectivity index (χ0) is 15.5. The van der Waals surface area contributed by atoms with Crippen LogP contribution < -0.4 is 9.46 Å². The number of benzene rings is 1. The zero-order valence-electron chi connectivity index (χ0n) is 11.7. The summed E-state index contributed by atoms with van der Waals surface area (Å²) in [5.74, 6) is 0.176. The van der Waals surface area contributed by atoms with E-state index in [-0.39, 0.29) is 17.3 Å². The molecule has 0 radical (unpaired) electrons. The van der Waals surface area contributed by atoms with Gasteiger partial charge in [0, 0.05) is 6.20 Å². The molecular formula is C14H16N2O4S. The number of nitrogens with one attached hydrogen (secondary N) is 1. The molecule has 6 nitrogen and oxygen atoms in total. The highest BCUT2D eigenvalue weighted by Gasteiger charge is 2.20. The Morgan fingerprint density at radius 1 is 1.33 bits per heavy atom. The zero-order valence-corrected chi connectivity index (χ0v) is 12.5. The average molecular weight is 308 g/mol. The molecule has 1 heterocycles. The molecule has 0 aliphatic carbocycles. The molecular weight excluding hydrogens is 292 g/mol. The predicted octanol–water partition coefficient (Wildman–Crippen LogP) is 1.69. The lowest BCUT2D eigenvalue weighted by molar-refractivity contribution is 0.280. The third kappa shape index (κ3) is 3.32. The standard InChI is InChI=1S/C14H16N2O4S/c1-10-5-6-15-8-12(10)16-21(18,19)14-4-3-11(9-17)7-13(14)20-2/h3-8,16-17H,9H2,1-2H3. The molecule has 1 aromatic carbocycles. The number of methoxy groups -OCH3 is 1. The Morgan fingerprint density at radius 2 is 2.10 bits per heavy atom. The van der Waals surface area contributed by atoms with Gasteiger partial charge in [0.25, 0.3) is 10.0 Å². The Bertz CT molecular complexity index is 744. The Balaban J connectivity index is 2.42. The van der Waals surface area contributed by atoms with E-state index in [1.807, 2.05) is 0 Å². The summed E-state index contributed by atoms with van der Waals surface area (Å²) in [7, 11) is -2.42. The number of hydrogen-bond acceptors (Lipinski definition) is 5. The van der Waals surface area contributed by atoms with Gasteiger partial charge in [-0.05, 0) is 36.2 Å². The molecule has 0 aliphatic rings. The second-order valence-electron chi connectivity index (χ2n) is 4.44. The van der Waals surface area contributed by atoms with Crippen LogP contribution in [0.3, 0.4) is 0 Å². The minimum atomic E-state index is -3.80. The fraction of sp³-hybridized carbons (Fsp3) is 0.214. The minimum absolute atomic E-state index is 0.00505. The molecule has 112 valence electrons. The number of ether oxygens (including phenoxy) is 1. The largest absolute Gasteiger partial charge is 0.495 e. The van der Waals surface area contributed by atoms with Crippen molar-refractivity contribution in [2.75, 3.05) is 11.8 Å². The molecule has 0 saturated carbocycles. The summed E-state index contributed by atoms with van der Waals surface area (Å²) in [6.07, 6.45) is 3.03. The average Bonchev–Trinajstić information content (AvgIpc) is 2.48. The number of aromatic nitrogens is 1. The van der Waals surface area contributed by atoms with Crippen LogP contribution in [0.2, 0.25) is 0 Å². The van der Waals surface area contributed by atoms with Gasteiger partial charge in [-0.25, -0.2) is 8.42 Å². The first kappa shape index (κ1) is 15.3. The van der Waals surface area contributed by atoms with Crippen molar-refractivity contribution in [1.82, 2.24) is 4.98 Å². The predicted molar refractivity (Wildman–Crippen MR) is 78.7 cm³/mol. The summed E-state index contributed by atoms with van der Waals surface area (Å²) in [6.45, 7) is 1.59. The van der Waals surface area contributed by atoms with Crippen LogP contribution in [-0.2, 0) is 16.6 Å². The quantitative estimate of drug-likeness (QED) is 0.877. The molecule has 2 N–H and O–H groups in total. The van der Waals surface area contributed by atoms with Crippen molar-refractivity contribution in [3.05, 3.63) is 47.8 Å². The number of aryl methyl sites for hydroxylation is 1. The number of nitrogens with zero attached hydrogens (tertiary/aromatic N) is 1. The van der Waals surface area contributed by atoms with E-state index >= 15 is 0 Å². The Kier molecular flexibility index (Phi) is 4.44. The highest BCUT2D eigenvalue weighted by molar-refractivity contribution is 7.92. The summed E-state index contributed by atoms with van der Waals surface area (Å²) in [5, 5.41) is 9.09. The molecule has 0 bridgehead atoms. The van der Waals surface area contributed by atoms with Crippen LogP contribution in [0.5, 0.6) is 5.75 Å². The topological polar surface area (TPSA) is 88.5 Å². The van der Waals surface area contributed by atoms with Gasteiger partial charge in [-0.3, -0.25) is 9.71 Å². The second-order valence-corrected chi connectivity index (χ2v) is 6.09. The first-order valence-corrected chi connectivity index (χ1v) is 7.67. The van der Waals surface area contributed by atoms with E-state index < -0.39 is 10.0 Å². The molecule has 0 amide bonds. The maximum atomic E-state index is 12.5. The van der Waals surface area contributed by atoms with Gasteiger partial charge in [-0.2, -0.15) is 0 Å². The van der Waals surface area contributed by atoms with Crippen molar-refractivity contribution >= 4 is 15.7 Å². The number of rotatable bonds is 5. The fourth-order valence-electron chi connectivity index (χ4n) is 1.80. The Morgan fingerprint density at radius 3 is 2.71 bits per heavy atom. The molecule has 21 heavy (non-hydrogen) atoms. The Hall–Kier alpha value is -2.12. The molecule has 0 atom stereocenters. The van der Waals surface area contributed by atoms with E-state index in [1.165, 1.54) is 31.5 Å². The molecule has 0 aliphatic heterocycles. The van der Waals surface area contributed by atoms with Gasteiger partial charge in [0.15, 0.2) is 0 Å². The van der Waals surface area contributed by atoms with Gasteiger partial charge < -0.3 is 9.84 Å². The van der Waals surface area contributed by atoms with Gasteiger partial charge in [0.05, 0.1) is 25.6 Å². The maximum absolute atomic E-state index is 12.5. The number of anilines is 1. The lowest BCUT2D eigenvalue weighted by Crippen LogP contribution is -2.15. The molecule has 2 rings (SSSR count). The van der Waals surface area contributed by atoms with Crippen molar-refractivity contribution in [1.29, 1.82) is 0 Å². The van der Waals surface area contributed by atoms with E-state index in [0.717, 1.165) is 5.56 Å². The first-order valence-electron chi connectivity index (χ1n) is 6.19. The van der Waals surface area contributed by atoms with E-state index in [1.54, 1.807) is 19.2 Å². The molecule has 1 aromatic heterocycles. The molecule has 0 spiro atoms. The number of sulfonamides is 1. The van der Waals surface area contributed by atoms with Gasteiger partial charge in [0.1, 0.15) is 10.6 Å². The van der Waals surface area contributed by atoms with Gasteiger partial charge >= 0.3 is 0 Å². The minimum Gasteiger partial charge on any atom is -0.495 e. The summed E-state index contributed by atoms with van der Waals surface area (Å²) in [5.41, 5.74) is 1.74. The van der Waals surface area contributed by atoms with E-state index in [4.69, 9.17) is 9.84 Å². The molecule has 7 heteroatoms. The highest BCUT2D eigenvalue weighted by Crippen LogP contribution is 2.27. The van der Waals surface area contributed by atoms with Crippen molar-refractivity contribution in [2.24, 2.45) is 0 Å². The van der Waals surface area contributed by atoms with Gasteiger partial charge in [-0.15, -0.1) is 0 Å². The van der Waals surface area contributed by atoms with E-state index in [2.05, 4.69) is 9.71 Å². The second kappa shape index (κ2) is 6.11. The van der Waals surface area contributed by atoms with Crippen molar-refractivity contribution in [2.45, 2.75) is 18.4 Å². The van der Waals surface area contributed by atoms with Crippen LogP contribution in [-0.4, -0.2) is 25.6 Å². The number of pyridine rings is 1. The van der Waals surface area contributed by atoms with Crippen LogP contribution in [0.4, 0.5) is 5.69 Å². The highest BCUT2D eigenvalue weighted by atomic mass is 32.2. The van der Waals surface area contributed by atoms with Crippen molar-refractivity contribution in [3.8, 4) is 5.75 Å². The monoisotopic (exact) mass is 308 g/mol. The van der Waals surface area contributed by atoms with E-state index in [0.29, 0.717) is 11.3 Å². The smallest absolute Gasteiger partial charge is 0.265 e. The number of aliphatic hydroxyl groups is 1. The summed E-state index contributed by atoms with van der Waals surface area (Å²) < 4.78 is 32.5. The number of aliphatic hydroxyl groups excluding tert-OH is 1. The van der Waals surface area contributed by atoms with Crippen LogP contribution in [0.25, 0.3) is 0 Å². The van der Waals surface area contributed by atoms with Gasteiger partial charge in [0.2, 0.25) is 0 Å². The molecule has 2 aromatic rings. The first-order chi connectivity index (χ1) is 9.97. The van der Waals surface area contributed by atoms with Crippen LogP contribution in [0.1, 0.15) is 11.1 Å². The lowest BCUT2D eigenvalue weighted by atomic mass is 10.2. The third-order valence-corrected chi connectivity index (χ3v) is 4.39. The summed E-state index contributed by atoms with van der Waals surface area (Å²) >= 11 is 0. The summed E-state index contributed by atoms with van der Waals surface area (Å²) in [6, 6.07) is 6.14. The van der Waals surface area contributed by atoms with E-state index in [9.17, 15) is 8.42 Å². The van der Waals surface area contributed by atoms with Gasteiger partial charge in [-0.1, -0.05) is 6.07 Å². The SMILES string of the molecule is COc1cc(CO)ccc1S(=O)(=O)Nc1cnccc1C. The number of hydrogen-bond donors (Lipinski definition) is 2. The molecule has 0 unspecified atom stereocenters. The fourth-order valence-corrected chi connectivity index (χ4v) is 3.07. The third-order valence-electron chi connectivity index (χ3n) is 2.98. The van der Waals surface area contributed by atoms with Crippen LogP contribution in [0, 0.1) is 6.92 Å².